The van der Waals surface area contributed by atoms with Gasteiger partial charge in [0, 0.05) is 13.0 Å². The summed E-state index contributed by atoms with van der Waals surface area (Å²) in [5, 5.41) is 24.8. The minimum atomic E-state index is -0.736. The number of non-ortho nitro benzene ring substituents is 1. The van der Waals surface area contributed by atoms with Crippen molar-refractivity contribution >= 4 is 33.7 Å². The van der Waals surface area contributed by atoms with Gasteiger partial charge in [-0.25, -0.2) is 0 Å². The molecule has 0 saturated heterocycles. The Labute approximate surface area is 112 Å². The Morgan fingerprint density at radius 1 is 1.10 bits per heavy atom. The van der Waals surface area contributed by atoms with E-state index in [2.05, 4.69) is 5.32 Å². The van der Waals surface area contributed by atoms with Crippen molar-refractivity contribution in [2.75, 3.05) is 5.32 Å². The van der Waals surface area contributed by atoms with Crippen LogP contribution >= 0.6 is 0 Å². The Balaban J connectivity index is 2.89. The van der Waals surface area contributed by atoms with Gasteiger partial charge in [-0.05, 0) is 11.5 Å². The van der Waals surface area contributed by atoms with Crippen molar-refractivity contribution in [2.45, 2.75) is 6.92 Å². The number of fused-ring (bicyclic) bond motifs is 1. The van der Waals surface area contributed by atoms with Crippen molar-refractivity contribution in [1.29, 1.82) is 0 Å². The summed E-state index contributed by atoms with van der Waals surface area (Å²) in [6, 6.07) is 7.01. The van der Waals surface area contributed by atoms with Crippen LogP contribution in [0, 0.1) is 20.2 Å². The van der Waals surface area contributed by atoms with Crippen LogP contribution in [0.1, 0.15) is 6.92 Å². The van der Waals surface area contributed by atoms with Gasteiger partial charge in [-0.15, -0.1) is 0 Å². The third kappa shape index (κ3) is 2.26. The summed E-state index contributed by atoms with van der Waals surface area (Å²) in [5.74, 6) is -0.494. The molecule has 0 heterocycles. The molecule has 0 bridgehead atoms. The number of benzene rings is 2. The number of hydrogen-bond donors (Lipinski definition) is 1. The first kappa shape index (κ1) is 13.4. The first-order valence-corrected chi connectivity index (χ1v) is 5.54. The number of amides is 1. The summed E-state index contributed by atoms with van der Waals surface area (Å²) < 4.78 is 0. The third-order valence-corrected chi connectivity index (χ3v) is 2.69. The zero-order chi connectivity index (χ0) is 14.9. The molecule has 102 valence electrons. The number of rotatable bonds is 3. The van der Waals surface area contributed by atoms with Gasteiger partial charge in [-0.2, -0.15) is 0 Å². The number of nitrogens with one attached hydrogen (secondary N) is 1. The molecule has 20 heavy (non-hydrogen) atoms. The summed E-state index contributed by atoms with van der Waals surface area (Å²) >= 11 is 0. The van der Waals surface area contributed by atoms with E-state index in [1.807, 2.05) is 0 Å². The fourth-order valence-electron chi connectivity index (χ4n) is 1.97. The lowest BCUT2D eigenvalue weighted by molar-refractivity contribution is -0.389. The summed E-state index contributed by atoms with van der Waals surface area (Å²) in [7, 11) is 0. The largest absolute Gasteiger partial charge is 0.321 e. The molecule has 0 aliphatic heterocycles. The van der Waals surface area contributed by atoms with Crippen LogP contribution in [0.15, 0.2) is 30.3 Å². The molecule has 8 heteroatoms. The Hall–Kier alpha value is -3.03. The molecular formula is C12H9N3O5. The molecule has 1 N–H and O–H groups in total. The van der Waals surface area contributed by atoms with Gasteiger partial charge in [0.25, 0.3) is 5.69 Å². The molecular weight excluding hydrogens is 266 g/mol. The highest BCUT2D eigenvalue weighted by molar-refractivity contribution is 6.05. The van der Waals surface area contributed by atoms with Gasteiger partial charge in [0.1, 0.15) is 11.1 Å². The van der Waals surface area contributed by atoms with Crippen LogP contribution in [0.2, 0.25) is 0 Å². The molecule has 0 aliphatic rings. The van der Waals surface area contributed by atoms with E-state index in [0.29, 0.717) is 5.39 Å². The second kappa shape index (κ2) is 4.92. The maximum absolute atomic E-state index is 11.2. The number of nitro groups is 2. The molecule has 0 unspecified atom stereocenters. The van der Waals surface area contributed by atoms with Gasteiger partial charge in [-0.3, -0.25) is 25.0 Å². The Kier molecular flexibility index (Phi) is 3.30. The summed E-state index contributed by atoms with van der Waals surface area (Å²) in [4.78, 5) is 31.9. The maximum atomic E-state index is 11.2. The first-order chi connectivity index (χ1) is 9.41. The molecule has 0 fully saturated rings. The van der Waals surface area contributed by atoms with E-state index < -0.39 is 21.4 Å². The lowest BCUT2D eigenvalue weighted by Crippen LogP contribution is -2.08. The standard InChI is InChI=1S/C12H9N3O5/c1-7(16)13-9-6-5-8-3-2-4-10(14(17)18)11(8)12(9)15(19)20/h2-6H,1H3,(H,13,16). The van der Waals surface area contributed by atoms with Crippen molar-refractivity contribution in [3.63, 3.8) is 0 Å². The number of anilines is 1. The number of carbonyl (C=O) groups excluding carboxylic acids is 1. The molecule has 8 nitrogen and oxygen atoms in total. The van der Waals surface area contributed by atoms with Gasteiger partial charge in [0.15, 0.2) is 0 Å². The fourth-order valence-corrected chi connectivity index (χ4v) is 1.97. The topological polar surface area (TPSA) is 115 Å². The number of nitro benzene ring substituents is 2. The molecule has 0 atom stereocenters. The van der Waals surface area contributed by atoms with Crippen LogP contribution in [-0.4, -0.2) is 15.8 Å². The average molecular weight is 275 g/mol. The van der Waals surface area contributed by atoms with Crippen molar-refractivity contribution in [2.24, 2.45) is 0 Å². The van der Waals surface area contributed by atoms with Gasteiger partial charge in [0.2, 0.25) is 5.91 Å². The number of hydrogen-bond acceptors (Lipinski definition) is 5. The second-order valence-corrected chi connectivity index (χ2v) is 4.03. The van der Waals surface area contributed by atoms with Gasteiger partial charge >= 0.3 is 5.69 Å². The number of carbonyl (C=O) groups is 1. The quantitative estimate of drug-likeness (QED) is 0.682. The SMILES string of the molecule is CC(=O)Nc1ccc2cccc([N+](=O)[O-])c2c1[N+](=O)[O-]. The molecule has 2 aromatic rings. The van der Waals surface area contributed by atoms with Crippen LogP contribution < -0.4 is 5.32 Å². The van der Waals surface area contributed by atoms with Crippen molar-refractivity contribution in [3.05, 3.63) is 50.6 Å². The zero-order valence-electron chi connectivity index (χ0n) is 10.3. The van der Waals surface area contributed by atoms with E-state index in [1.165, 1.54) is 37.3 Å². The lowest BCUT2D eigenvalue weighted by Gasteiger charge is -2.06. The van der Waals surface area contributed by atoms with Crippen LogP contribution in [0.5, 0.6) is 0 Å². The Morgan fingerprint density at radius 2 is 1.80 bits per heavy atom. The second-order valence-electron chi connectivity index (χ2n) is 4.03. The highest BCUT2D eigenvalue weighted by Gasteiger charge is 2.26. The molecule has 0 spiro atoms. The van der Waals surface area contributed by atoms with Crippen molar-refractivity contribution in [3.8, 4) is 0 Å². The van der Waals surface area contributed by atoms with Crippen LogP contribution in [0.25, 0.3) is 10.8 Å². The van der Waals surface area contributed by atoms with Crippen LogP contribution in [0.4, 0.5) is 17.1 Å². The predicted octanol–water partition coefficient (Wildman–Crippen LogP) is 2.61. The smallest absolute Gasteiger partial charge is 0.307 e. The molecule has 2 aromatic carbocycles. The maximum Gasteiger partial charge on any atom is 0.307 e. The van der Waals surface area contributed by atoms with Crippen molar-refractivity contribution < 1.29 is 14.6 Å². The highest BCUT2D eigenvalue weighted by Crippen LogP contribution is 2.38. The first-order valence-electron chi connectivity index (χ1n) is 5.54. The molecule has 0 aliphatic carbocycles. The van der Waals surface area contributed by atoms with E-state index >= 15 is 0 Å². The molecule has 2 rings (SSSR count). The monoisotopic (exact) mass is 275 g/mol. The number of nitrogens with zero attached hydrogens (tertiary/aromatic N) is 2. The van der Waals surface area contributed by atoms with E-state index in [9.17, 15) is 25.0 Å². The fraction of sp³-hybridized carbons (Fsp3) is 0.0833. The van der Waals surface area contributed by atoms with E-state index in [1.54, 1.807) is 0 Å². The van der Waals surface area contributed by atoms with Gasteiger partial charge in [0.05, 0.1) is 9.85 Å². The highest BCUT2D eigenvalue weighted by atomic mass is 16.6. The lowest BCUT2D eigenvalue weighted by atomic mass is 10.1. The minimum Gasteiger partial charge on any atom is -0.321 e. The van der Waals surface area contributed by atoms with Crippen LogP contribution in [0.3, 0.4) is 0 Å². The van der Waals surface area contributed by atoms with E-state index in [4.69, 9.17) is 0 Å². The zero-order valence-corrected chi connectivity index (χ0v) is 10.3. The Bertz CT molecular complexity index is 741. The van der Waals surface area contributed by atoms with Crippen molar-refractivity contribution in [1.82, 2.24) is 0 Å². The predicted molar refractivity (Wildman–Crippen MR) is 71.6 cm³/mol. The molecule has 0 saturated carbocycles. The van der Waals surface area contributed by atoms with Gasteiger partial charge < -0.3 is 5.32 Å². The third-order valence-electron chi connectivity index (χ3n) is 2.69. The average Bonchev–Trinajstić information content (AvgIpc) is 2.36. The Morgan fingerprint density at radius 3 is 2.35 bits per heavy atom. The van der Waals surface area contributed by atoms with Crippen LogP contribution in [-0.2, 0) is 4.79 Å². The molecule has 1 amide bonds. The van der Waals surface area contributed by atoms with E-state index in [-0.39, 0.29) is 16.8 Å². The van der Waals surface area contributed by atoms with E-state index in [0.717, 1.165) is 0 Å². The summed E-state index contributed by atoms with van der Waals surface area (Å²) in [6.07, 6.45) is 0. The normalized spacial score (nSPS) is 10.2. The molecule has 0 aromatic heterocycles. The minimum absolute atomic E-state index is 0.0655. The summed E-state index contributed by atoms with van der Waals surface area (Å²) in [5.41, 5.74) is -0.921. The van der Waals surface area contributed by atoms with Gasteiger partial charge in [-0.1, -0.05) is 18.2 Å². The molecule has 0 radical (unpaired) electrons. The summed E-state index contributed by atoms with van der Waals surface area (Å²) in [6.45, 7) is 1.20.